The number of thiophene rings is 1. The molecule has 2 aromatic heterocycles. The number of benzene rings is 1. The Morgan fingerprint density at radius 2 is 2.27 bits per heavy atom. The third-order valence-corrected chi connectivity index (χ3v) is 5.55. The smallest absolute Gasteiger partial charge is 0.165 e. The molecule has 1 aliphatic heterocycles. The quantitative estimate of drug-likeness (QED) is 0.735. The summed E-state index contributed by atoms with van der Waals surface area (Å²) in [5, 5.41) is 12.5. The lowest BCUT2D eigenvalue weighted by molar-refractivity contribution is 0.211. The van der Waals surface area contributed by atoms with Crippen LogP contribution < -0.4 is 4.74 Å². The number of aromatic nitrogens is 2. The number of hydrogen-bond acceptors (Lipinski definition) is 5. The van der Waals surface area contributed by atoms with Crippen molar-refractivity contribution in [1.82, 2.24) is 14.5 Å². The highest BCUT2D eigenvalue weighted by Crippen LogP contribution is 2.38. The van der Waals surface area contributed by atoms with E-state index in [4.69, 9.17) is 4.74 Å². The molecule has 1 aliphatic rings. The summed E-state index contributed by atoms with van der Waals surface area (Å²) < 4.78 is 8.08. The number of rotatable bonds is 5. The van der Waals surface area contributed by atoms with Gasteiger partial charge in [-0.25, -0.2) is 4.98 Å². The molecule has 5 nitrogen and oxygen atoms in total. The highest BCUT2D eigenvalue weighted by Gasteiger charge is 2.21. The Bertz CT molecular complexity index is 873. The zero-order valence-corrected chi connectivity index (χ0v) is 15.7. The minimum absolute atomic E-state index is 0.222. The van der Waals surface area contributed by atoms with Crippen molar-refractivity contribution in [3.05, 3.63) is 53.4 Å². The Labute approximate surface area is 157 Å². The van der Waals surface area contributed by atoms with Crippen LogP contribution in [0.25, 0.3) is 10.4 Å². The van der Waals surface area contributed by atoms with E-state index in [1.165, 1.54) is 0 Å². The minimum Gasteiger partial charge on any atom is -0.504 e. The SMILES string of the molecule is CCCn1ccnc1CN1CCOc2c(O)cc(-c3cccs3)cc2C1. The summed E-state index contributed by atoms with van der Waals surface area (Å²) >= 11 is 1.67. The van der Waals surface area contributed by atoms with Crippen LogP contribution in [0.5, 0.6) is 11.5 Å². The molecular formula is C20H23N3O2S. The van der Waals surface area contributed by atoms with Crippen molar-refractivity contribution < 1.29 is 9.84 Å². The number of aryl methyl sites for hydroxylation is 1. The van der Waals surface area contributed by atoms with E-state index in [1.807, 2.05) is 18.5 Å². The Morgan fingerprint density at radius 3 is 3.08 bits per heavy atom. The van der Waals surface area contributed by atoms with Gasteiger partial charge in [0.2, 0.25) is 0 Å². The zero-order valence-electron chi connectivity index (χ0n) is 14.9. The van der Waals surface area contributed by atoms with Crippen LogP contribution in [0.2, 0.25) is 0 Å². The molecule has 0 spiro atoms. The van der Waals surface area contributed by atoms with Gasteiger partial charge in [-0.1, -0.05) is 13.0 Å². The second-order valence-electron chi connectivity index (χ2n) is 6.56. The average Bonchev–Trinajstić information content (AvgIpc) is 3.25. The summed E-state index contributed by atoms with van der Waals surface area (Å²) in [5.74, 6) is 1.92. The second-order valence-corrected chi connectivity index (χ2v) is 7.50. The number of hydrogen-bond donors (Lipinski definition) is 1. The van der Waals surface area contributed by atoms with Gasteiger partial charge < -0.3 is 14.4 Å². The van der Waals surface area contributed by atoms with E-state index in [2.05, 4.69) is 38.9 Å². The first-order valence-electron chi connectivity index (χ1n) is 8.99. The molecule has 6 heteroatoms. The normalized spacial score (nSPS) is 14.7. The number of fused-ring (bicyclic) bond motifs is 1. The van der Waals surface area contributed by atoms with Crippen molar-refractivity contribution in [2.24, 2.45) is 0 Å². The monoisotopic (exact) mass is 369 g/mol. The van der Waals surface area contributed by atoms with Crippen LogP contribution in [0.1, 0.15) is 24.7 Å². The van der Waals surface area contributed by atoms with Crippen molar-refractivity contribution in [2.45, 2.75) is 33.0 Å². The molecule has 0 saturated carbocycles. The Morgan fingerprint density at radius 1 is 1.35 bits per heavy atom. The maximum absolute atomic E-state index is 10.5. The molecule has 3 heterocycles. The molecule has 0 bridgehead atoms. The Balaban J connectivity index is 1.60. The van der Waals surface area contributed by atoms with Gasteiger partial charge in [-0.05, 0) is 35.6 Å². The average molecular weight is 369 g/mol. The van der Waals surface area contributed by atoms with Crippen molar-refractivity contribution in [2.75, 3.05) is 13.2 Å². The molecule has 1 N–H and O–H groups in total. The number of imidazole rings is 1. The fourth-order valence-corrected chi connectivity index (χ4v) is 4.12. The van der Waals surface area contributed by atoms with Crippen LogP contribution in [-0.2, 0) is 19.6 Å². The van der Waals surface area contributed by atoms with Gasteiger partial charge in [0.25, 0.3) is 0 Å². The third kappa shape index (κ3) is 3.48. The van der Waals surface area contributed by atoms with Crippen LogP contribution in [0, 0.1) is 0 Å². The second kappa shape index (κ2) is 7.51. The van der Waals surface area contributed by atoms with Crippen LogP contribution in [0.15, 0.2) is 42.0 Å². The maximum Gasteiger partial charge on any atom is 0.165 e. The minimum atomic E-state index is 0.222. The summed E-state index contributed by atoms with van der Waals surface area (Å²) in [4.78, 5) is 8.01. The summed E-state index contributed by atoms with van der Waals surface area (Å²) in [6.07, 6.45) is 5.00. The van der Waals surface area contributed by atoms with Crippen molar-refractivity contribution >= 4 is 11.3 Å². The van der Waals surface area contributed by atoms with Crippen LogP contribution >= 0.6 is 11.3 Å². The molecule has 0 aliphatic carbocycles. The largest absolute Gasteiger partial charge is 0.504 e. The molecule has 0 atom stereocenters. The molecule has 1 aromatic carbocycles. The maximum atomic E-state index is 10.5. The number of phenols is 1. The van der Waals surface area contributed by atoms with E-state index in [9.17, 15) is 5.11 Å². The van der Waals surface area contributed by atoms with E-state index in [-0.39, 0.29) is 5.75 Å². The molecule has 0 radical (unpaired) electrons. The van der Waals surface area contributed by atoms with Crippen LogP contribution in [-0.4, -0.2) is 32.7 Å². The lowest BCUT2D eigenvalue weighted by Crippen LogP contribution is -2.27. The molecule has 0 fully saturated rings. The lowest BCUT2D eigenvalue weighted by atomic mass is 10.1. The molecular weight excluding hydrogens is 346 g/mol. The van der Waals surface area contributed by atoms with Gasteiger partial charge in [0.15, 0.2) is 11.5 Å². The molecule has 136 valence electrons. The first-order chi connectivity index (χ1) is 12.7. The number of aromatic hydroxyl groups is 1. The van der Waals surface area contributed by atoms with E-state index in [0.29, 0.717) is 12.4 Å². The van der Waals surface area contributed by atoms with E-state index in [1.54, 1.807) is 17.4 Å². The van der Waals surface area contributed by atoms with Gasteiger partial charge in [0.1, 0.15) is 12.4 Å². The highest BCUT2D eigenvalue weighted by molar-refractivity contribution is 7.13. The summed E-state index contributed by atoms with van der Waals surface area (Å²) in [6, 6.07) is 8.04. The fourth-order valence-electron chi connectivity index (χ4n) is 3.41. The van der Waals surface area contributed by atoms with Crippen LogP contribution in [0.4, 0.5) is 0 Å². The number of nitrogens with zero attached hydrogens (tertiary/aromatic N) is 3. The third-order valence-electron chi connectivity index (χ3n) is 4.63. The van der Waals surface area contributed by atoms with E-state index < -0.39 is 0 Å². The lowest BCUT2D eigenvalue weighted by Gasteiger charge is -2.20. The fraction of sp³-hybridized carbons (Fsp3) is 0.350. The van der Waals surface area contributed by atoms with Gasteiger partial charge in [-0.15, -0.1) is 11.3 Å². The van der Waals surface area contributed by atoms with Crippen LogP contribution in [0.3, 0.4) is 0 Å². The predicted molar refractivity (Wildman–Crippen MR) is 104 cm³/mol. The van der Waals surface area contributed by atoms with Gasteiger partial charge in [0, 0.05) is 42.5 Å². The van der Waals surface area contributed by atoms with Gasteiger partial charge >= 0.3 is 0 Å². The van der Waals surface area contributed by atoms with Crippen molar-refractivity contribution in [1.29, 1.82) is 0 Å². The first-order valence-corrected chi connectivity index (χ1v) is 9.87. The van der Waals surface area contributed by atoms with Gasteiger partial charge in [-0.3, -0.25) is 4.90 Å². The standard InChI is InChI=1S/C20H23N3O2S/c1-2-6-23-7-5-21-19(23)14-22-8-9-25-20-16(13-22)11-15(12-17(20)24)18-4-3-10-26-18/h3-5,7,10-12,24H,2,6,8-9,13-14H2,1H3. The Hall–Kier alpha value is -2.31. The summed E-state index contributed by atoms with van der Waals surface area (Å²) in [5.41, 5.74) is 2.06. The summed E-state index contributed by atoms with van der Waals surface area (Å²) in [7, 11) is 0. The zero-order chi connectivity index (χ0) is 17.9. The van der Waals surface area contributed by atoms with Gasteiger partial charge in [0.05, 0.1) is 6.54 Å². The Kier molecular flexibility index (Phi) is 4.95. The van der Waals surface area contributed by atoms with E-state index in [0.717, 1.165) is 54.4 Å². The number of ether oxygens (including phenoxy) is 1. The predicted octanol–water partition coefficient (Wildman–Crippen LogP) is 4.12. The number of phenolic OH excluding ortho intramolecular Hbond substituents is 1. The summed E-state index contributed by atoms with van der Waals surface area (Å²) in [6.45, 7) is 6.05. The molecule has 3 aromatic rings. The van der Waals surface area contributed by atoms with Crippen molar-refractivity contribution in [3.8, 4) is 21.9 Å². The van der Waals surface area contributed by atoms with Gasteiger partial charge in [-0.2, -0.15) is 0 Å². The highest BCUT2D eigenvalue weighted by atomic mass is 32.1. The molecule has 4 rings (SSSR count). The molecule has 0 amide bonds. The molecule has 0 unspecified atom stereocenters. The molecule has 0 saturated heterocycles. The molecule has 26 heavy (non-hydrogen) atoms. The topological polar surface area (TPSA) is 50.5 Å². The van der Waals surface area contributed by atoms with Crippen molar-refractivity contribution in [3.63, 3.8) is 0 Å². The first kappa shape index (κ1) is 17.1. The van der Waals surface area contributed by atoms with E-state index >= 15 is 0 Å².